The molecule has 0 spiro atoms. The first-order valence-electron chi connectivity index (χ1n) is 9.74. The van der Waals surface area contributed by atoms with Crippen LogP contribution in [0.1, 0.15) is 33.4 Å². The first-order chi connectivity index (χ1) is 16.2. The predicted octanol–water partition coefficient (Wildman–Crippen LogP) is 2.31. The third-order valence-electron chi connectivity index (χ3n) is 4.33. The van der Waals surface area contributed by atoms with Crippen LogP contribution in [0.25, 0.3) is 0 Å². The second kappa shape index (κ2) is 11.2. The molecule has 12 nitrogen and oxygen atoms in total. The predicted molar refractivity (Wildman–Crippen MR) is 114 cm³/mol. The molecule has 0 unspecified atom stereocenters. The van der Waals surface area contributed by atoms with Crippen LogP contribution in [0.2, 0.25) is 0 Å². The van der Waals surface area contributed by atoms with Crippen LogP contribution >= 0.6 is 11.8 Å². The van der Waals surface area contributed by atoms with E-state index in [1.54, 1.807) is 30.3 Å². The van der Waals surface area contributed by atoms with E-state index >= 15 is 0 Å². The monoisotopic (exact) mass is 493 g/mol. The van der Waals surface area contributed by atoms with E-state index in [-0.39, 0.29) is 41.0 Å². The van der Waals surface area contributed by atoms with E-state index in [9.17, 15) is 24.0 Å². The molecule has 34 heavy (non-hydrogen) atoms. The van der Waals surface area contributed by atoms with E-state index in [0.717, 1.165) is 0 Å². The van der Waals surface area contributed by atoms with Gasteiger partial charge >= 0.3 is 22.9 Å². The van der Waals surface area contributed by atoms with Crippen LogP contribution in [0.3, 0.4) is 0 Å². The lowest BCUT2D eigenvalue weighted by atomic mass is 10.2. The largest absolute Gasteiger partial charge is 0.519 e. The number of carbonyl (C=O) groups excluding carboxylic acids is 3. The van der Waals surface area contributed by atoms with Gasteiger partial charge in [-0.15, -0.1) is 0 Å². The summed E-state index contributed by atoms with van der Waals surface area (Å²) in [6.45, 7) is 2.16. The van der Waals surface area contributed by atoms with Crippen LogP contribution in [-0.4, -0.2) is 29.0 Å². The van der Waals surface area contributed by atoms with Crippen LogP contribution < -0.4 is 17.0 Å². The maximum absolute atomic E-state index is 12.6. The Morgan fingerprint density at radius 2 is 1.44 bits per heavy atom. The minimum atomic E-state index is -1.25. The average Bonchev–Trinajstić information content (AvgIpc) is 3.31. The van der Waals surface area contributed by atoms with Crippen molar-refractivity contribution in [2.24, 2.45) is 0 Å². The van der Waals surface area contributed by atoms with Crippen molar-refractivity contribution in [3.05, 3.63) is 80.2 Å². The molecule has 2 heterocycles. The lowest BCUT2D eigenvalue weighted by Gasteiger charge is -2.17. The first kappa shape index (κ1) is 24.6. The number of nitrogens with one attached hydrogen (secondary N) is 1. The third-order valence-corrected chi connectivity index (χ3v) is 5.19. The smallest absolute Gasteiger partial charge is 0.456 e. The SMILES string of the molecule is Cc1oc(=O)oc1COC(=O)SC[C@H](NC(=O)c1ccccc1)C(=O)OCc1oc(=O)oc1C. The van der Waals surface area contributed by atoms with Gasteiger partial charge in [0.05, 0.1) is 0 Å². The fraction of sp³-hybridized carbons (Fsp3) is 0.286. The highest BCUT2D eigenvalue weighted by atomic mass is 32.2. The number of aryl methyl sites for hydroxylation is 2. The molecule has 0 aliphatic heterocycles. The highest BCUT2D eigenvalue weighted by Gasteiger charge is 2.26. The molecule has 0 saturated carbocycles. The number of hydrogen-bond acceptors (Lipinski definition) is 12. The van der Waals surface area contributed by atoms with Crippen molar-refractivity contribution in [2.45, 2.75) is 33.1 Å². The topological polar surface area (TPSA) is 168 Å². The molecule has 0 radical (unpaired) electrons. The van der Waals surface area contributed by atoms with Gasteiger partial charge in [-0.25, -0.2) is 19.2 Å². The van der Waals surface area contributed by atoms with Crippen molar-refractivity contribution in [3.8, 4) is 0 Å². The summed E-state index contributed by atoms with van der Waals surface area (Å²) in [6.07, 6.45) is 0. The normalized spacial score (nSPS) is 11.6. The van der Waals surface area contributed by atoms with Crippen molar-refractivity contribution in [2.75, 3.05) is 5.75 Å². The Hall–Kier alpha value is -4.00. The van der Waals surface area contributed by atoms with Gasteiger partial charge < -0.3 is 32.5 Å². The Bertz CT molecular complexity index is 1270. The fourth-order valence-electron chi connectivity index (χ4n) is 2.57. The van der Waals surface area contributed by atoms with Gasteiger partial charge in [-0.05, 0) is 37.7 Å². The van der Waals surface area contributed by atoms with E-state index in [0.29, 0.717) is 11.8 Å². The molecule has 2 aromatic heterocycles. The molecule has 0 saturated heterocycles. The van der Waals surface area contributed by atoms with E-state index in [1.807, 2.05) is 0 Å². The van der Waals surface area contributed by atoms with E-state index < -0.39 is 41.5 Å². The van der Waals surface area contributed by atoms with Gasteiger partial charge in [0, 0.05) is 11.3 Å². The van der Waals surface area contributed by atoms with Crippen molar-refractivity contribution in [3.63, 3.8) is 0 Å². The van der Waals surface area contributed by atoms with Crippen LogP contribution in [0.15, 0.2) is 57.6 Å². The molecule has 3 aromatic rings. The molecular formula is C21H19NO11S. The van der Waals surface area contributed by atoms with Crippen molar-refractivity contribution >= 4 is 28.9 Å². The number of rotatable bonds is 9. The third kappa shape index (κ3) is 6.75. The van der Waals surface area contributed by atoms with Crippen molar-refractivity contribution in [1.29, 1.82) is 0 Å². The molecular weight excluding hydrogens is 474 g/mol. The quantitative estimate of drug-likeness (QED) is 0.432. The number of ether oxygens (including phenoxy) is 2. The molecule has 0 aliphatic rings. The minimum absolute atomic E-state index is 0.00974. The molecule has 1 N–H and O–H groups in total. The molecule has 1 atom stereocenters. The van der Waals surface area contributed by atoms with Crippen molar-refractivity contribution in [1.82, 2.24) is 5.32 Å². The maximum atomic E-state index is 12.6. The molecule has 0 aliphatic carbocycles. The van der Waals surface area contributed by atoms with Crippen LogP contribution in [0.5, 0.6) is 0 Å². The van der Waals surface area contributed by atoms with Gasteiger partial charge in [-0.1, -0.05) is 18.2 Å². The molecule has 1 amide bonds. The highest BCUT2D eigenvalue weighted by Crippen LogP contribution is 2.14. The summed E-state index contributed by atoms with van der Waals surface area (Å²) >= 11 is 0.592. The van der Waals surface area contributed by atoms with E-state index in [1.165, 1.54) is 13.8 Å². The summed E-state index contributed by atoms with van der Waals surface area (Å²) in [7, 11) is 0. The summed E-state index contributed by atoms with van der Waals surface area (Å²) in [4.78, 5) is 59.4. The Labute approximate surface area is 195 Å². The van der Waals surface area contributed by atoms with E-state index in [2.05, 4.69) is 9.73 Å². The standard InChI is InChI=1S/C21H19NO11S/c1-11-15(32-19(25)30-11)8-28-18(24)14(22-17(23)13-6-4-3-5-7-13)10-34-21(27)29-9-16-12(2)31-20(26)33-16/h3-7,14H,8-10H2,1-2H3,(H,22,23)/t14-/m0/s1. The summed E-state index contributed by atoms with van der Waals surface area (Å²) in [5.74, 6) is -3.20. The lowest BCUT2D eigenvalue weighted by molar-refractivity contribution is -0.147. The Morgan fingerprint density at radius 1 is 0.882 bits per heavy atom. The minimum Gasteiger partial charge on any atom is -0.456 e. The second-order valence-electron chi connectivity index (χ2n) is 6.72. The maximum Gasteiger partial charge on any atom is 0.519 e. The van der Waals surface area contributed by atoms with Crippen molar-refractivity contribution < 1.29 is 41.5 Å². The molecule has 1 aromatic carbocycles. The number of hydrogen-bond donors (Lipinski definition) is 1. The Balaban J connectivity index is 1.61. The summed E-state index contributed by atoms with van der Waals surface area (Å²) < 4.78 is 29.0. The van der Waals surface area contributed by atoms with Crippen LogP contribution in [-0.2, 0) is 27.5 Å². The Morgan fingerprint density at radius 3 is 1.97 bits per heavy atom. The zero-order valence-electron chi connectivity index (χ0n) is 18.0. The molecule has 0 fully saturated rings. The molecule has 180 valence electrons. The van der Waals surface area contributed by atoms with Gasteiger partial charge in [0.25, 0.3) is 5.91 Å². The molecule has 3 rings (SSSR count). The number of thioether (sulfide) groups is 1. The molecule has 0 bridgehead atoms. The second-order valence-corrected chi connectivity index (χ2v) is 7.67. The number of esters is 1. The zero-order chi connectivity index (χ0) is 24.7. The number of carbonyl (C=O) groups is 3. The number of amides is 1. The number of benzene rings is 1. The highest BCUT2D eigenvalue weighted by molar-refractivity contribution is 8.13. The van der Waals surface area contributed by atoms with Crippen LogP contribution in [0, 0.1) is 13.8 Å². The summed E-state index contributed by atoms with van der Waals surface area (Å²) in [5.41, 5.74) is 0.287. The van der Waals surface area contributed by atoms with Crippen LogP contribution in [0.4, 0.5) is 4.79 Å². The van der Waals surface area contributed by atoms with Gasteiger partial charge in [0.1, 0.15) is 6.04 Å². The molecule has 13 heteroatoms. The van der Waals surface area contributed by atoms with Gasteiger partial charge in [-0.3, -0.25) is 4.79 Å². The Kier molecular flexibility index (Phi) is 8.14. The summed E-state index contributed by atoms with van der Waals surface area (Å²) in [6, 6.07) is 6.85. The van der Waals surface area contributed by atoms with Gasteiger partial charge in [-0.2, -0.15) is 0 Å². The first-order valence-corrected chi connectivity index (χ1v) is 10.7. The van der Waals surface area contributed by atoms with Gasteiger partial charge in [0.2, 0.25) is 0 Å². The fourth-order valence-corrected chi connectivity index (χ4v) is 3.23. The summed E-state index contributed by atoms with van der Waals surface area (Å²) in [5, 5.41) is 1.70. The van der Waals surface area contributed by atoms with E-state index in [4.69, 9.17) is 22.7 Å². The zero-order valence-corrected chi connectivity index (χ0v) is 18.8. The van der Waals surface area contributed by atoms with Gasteiger partial charge in [0.15, 0.2) is 36.3 Å². The lowest BCUT2D eigenvalue weighted by Crippen LogP contribution is -2.43. The average molecular weight is 493 g/mol.